The van der Waals surface area contributed by atoms with Gasteiger partial charge in [0.15, 0.2) is 5.82 Å². The molecule has 0 radical (unpaired) electrons. The minimum Gasteiger partial charge on any atom is -0.292 e. The van der Waals surface area contributed by atoms with Crippen molar-refractivity contribution in [3.8, 4) is 28.2 Å². The summed E-state index contributed by atoms with van der Waals surface area (Å²) in [4.78, 5) is 17.2. The Labute approximate surface area is 294 Å². The van der Waals surface area contributed by atoms with Gasteiger partial charge in [-0.15, -0.1) is 0 Å². The van der Waals surface area contributed by atoms with Gasteiger partial charge in [-0.25, -0.2) is 15.0 Å². The van der Waals surface area contributed by atoms with Crippen LogP contribution in [0.15, 0.2) is 168 Å². The second kappa shape index (κ2) is 12.7. The lowest BCUT2D eigenvalue weighted by Crippen LogP contribution is -2.26. The summed E-state index contributed by atoms with van der Waals surface area (Å²) in [5, 5.41) is 0. The van der Waals surface area contributed by atoms with Crippen LogP contribution in [0.5, 0.6) is 0 Å². The van der Waals surface area contributed by atoms with Crippen molar-refractivity contribution < 1.29 is 0 Å². The molecule has 6 aromatic carbocycles. The molecule has 0 saturated heterocycles. The molecule has 2 heterocycles. The summed E-state index contributed by atoms with van der Waals surface area (Å²) in [5.41, 5.74) is 13.2. The lowest BCUT2D eigenvalue weighted by atomic mass is 9.97. The molecule has 0 fully saturated rings. The Morgan fingerprint density at radius 1 is 0.460 bits per heavy atom. The van der Waals surface area contributed by atoms with Crippen molar-refractivity contribution in [2.24, 2.45) is 9.98 Å². The van der Waals surface area contributed by atoms with E-state index in [1.807, 2.05) is 6.07 Å². The van der Waals surface area contributed by atoms with Crippen molar-refractivity contribution in [1.82, 2.24) is 9.55 Å². The molecule has 0 saturated carbocycles. The summed E-state index contributed by atoms with van der Waals surface area (Å²) in [6.07, 6.45) is 0. The van der Waals surface area contributed by atoms with Crippen molar-refractivity contribution in [3.63, 3.8) is 0 Å². The van der Waals surface area contributed by atoms with Crippen LogP contribution in [-0.2, 0) is 5.66 Å². The Bertz CT molecular complexity index is 2380. The second-order valence-electron chi connectivity index (χ2n) is 13.1. The molecule has 0 spiro atoms. The van der Waals surface area contributed by atoms with Crippen LogP contribution in [0.4, 0.5) is 0 Å². The maximum absolute atomic E-state index is 5.78. The van der Waals surface area contributed by atoms with E-state index in [0.29, 0.717) is 0 Å². The van der Waals surface area contributed by atoms with Gasteiger partial charge in [0.25, 0.3) is 0 Å². The highest BCUT2D eigenvalue weighted by Crippen LogP contribution is 2.46. The summed E-state index contributed by atoms with van der Waals surface area (Å²) >= 11 is 0. The number of imidazole rings is 1. The number of hydrogen-bond donors (Lipinski definition) is 0. The molecule has 4 heteroatoms. The fourth-order valence-corrected chi connectivity index (χ4v) is 6.91. The van der Waals surface area contributed by atoms with Crippen molar-refractivity contribution in [1.29, 1.82) is 0 Å². The van der Waals surface area contributed by atoms with Crippen LogP contribution in [0.1, 0.15) is 44.8 Å². The average molecular weight is 647 g/mol. The van der Waals surface area contributed by atoms with E-state index in [9.17, 15) is 0 Å². The Hall–Kier alpha value is -6.13. The SMILES string of the molecule is Cc1ccc(-n2c(C3(c4ccc(C)cc4)N=C(c4ccccc4)C(c4ccccc4C)=N3)nc(-c3ccccc3)c2-c2ccccc2C)cc1. The molecule has 8 rings (SSSR count). The third-order valence-corrected chi connectivity index (χ3v) is 9.60. The van der Waals surface area contributed by atoms with Crippen LogP contribution in [0.2, 0.25) is 0 Å². The van der Waals surface area contributed by atoms with Crippen molar-refractivity contribution in [2.75, 3.05) is 0 Å². The van der Waals surface area contributed by atoms with Gasteiger partial charge in [-0.05, 0) is 51.0 Å². The topological polar surface area (TPSA) is 42.5 Å². The maximum Gasteiger partial charge on any atom is 0.235 e. The Kier molecular flexibility index (Phi) is 7.93. The fraction of sp³-hybridized carbons (Fsp3) is 0.109. The first-order valence-electron chi connectivity index (χ1n) is 17.1. The van der Waals surface area contributed by atoms with Crippen molar-refractivity contribution in [3.05, 3.63) is 202 Å². The van der Waals surface area contributed by atoms with E-state index in [1.165, 1.54) is 11.1 Å². The lowest BCUT2D eigenvalue weighted by molar-refractivity contribution is 0.537. The molecule has 1 atom stereocenters. The maximum atomic E-state index is 5.78. The first-order chi connectivity index (χ1) is 24.4. The van der Waals surface area contributed by atoms with Crippen LogP contribution >= 0.6 is 0 Å². The number of aliphatic imine (C=N–C) groups is 2. The molecule has 242 valence electrons. The van der Waals surface area contributed by atoms with Gasteiger partial charge in [0.1, 0.15) is 0 Å². The Balaban J connectivity index is 1.56. The van der Waals surface area contributed by atoms with E-state index in [-0.39, 0.29) is 0 Å². The normalized spacial score (nSPS) is 15.5. The smallest absolute Gasteiger partial charge is 0.235 e. The van der Waals surface area contributed by atoms with Gasteiger partial charge in [0, 0.05) is 33.5 Å². The second-order valence-corrected chi connectivity index (χ2v) is 13.1. The third-order valence-electron chi connectivity index (χ3n) is 9.60. The quantitative estimate of drug-likeness (QED) is 0.170. The molecule has 1 unspecified atom stereocenters. The molecule has 0 aliphatic carbocycles. The van der Waals surface area contributed by atoms with Crippen LogP contribution < -0.4 is 0 Å². The molecular formula is C46H38N4. The molecule has 7 aromatic rings. The molecule has 1 aliphatic heterocycles. The van der Waals surface area contributed by atoms with E-state index in [0.717, 1.165) is 73.3 Å². The number of benzene rings is 6. The highest BCUT2D eigenvalue weighted by atomic mass is 15.2. The van der Waals surface area contributed by atoms with Gasteiger partial charge < -0.3 is 0 Å². The van der Waals surface area contributed by atoms with E-state index in [1.54, 1.807) is 0 Å². The molecule has 0 bridgehead atoms. The van der Waals surface area contributed by atoms with Gasteiger partial charge in [-0.3, -0.25) is 4.57 Å². The number of rotatable bonds is 7. The van der Waals surface area contributed by atoms with Gasteiger partial charge in [0.2, 0.25) is 5.66 Å². The van der Waals surface area contributed by atoms with Crippen LogP contribution in [-0.4, -0.2) is 21.0 Å². The minimum absolute atomic E-state index is 0.735. The monoisotopic (exact) mass is 646 g/mol. The van der Waals surface area contributed by atoms with E-state index < -0.39 is 5.66 Å². The third kappa shape index (κ3) is 5.39. The van der Waals surface area contributed by atoms with Crippen LogP contribution in [0, 0.1) is 27.7 Å². The van der Waals surface area contributed by atoms with Gasteiger partial charge >= 0.3 is 0 Å². The summed E-state index contributed by atoms with van der Waals surface area (Å²) in [6, 6.07) is 55.2. The molecule has 50 heavy (non-hydrogen) atoms. The predicted octanol–water partition coefficient (Wildman–Crippen LogP) is 10.6. The molecule has 1 aromatic heterocycles. The van der Waals surface area contributed by atoms with E-state index in [4.69, 9.17) is 15.0 Å². The Morgan fingerprint density at radius 3 is 1.56 bits per heavy atom. The molecule has 4 nitrogen and oxygen atoms in total. The van der Waals surface area contributed by atoms with E-state index >= 15 is 0 Å². The summed E-state index contributed by atoms with van der Waals surface area (Å²) in [7, 11) is 0. The molecule has 1 aliphatic rings. The zero-order valence-corrected chi connectivity index (χ0v) is 28.8. The fourth-order valence-electron chi connectivity index (χ4n) is 6.91. The standard InChI is InChI=1S/C46H38N4/c1-31-23-27-37(28-24-31)46(48-41(35-17-7-5-8-18-35)43(49-46)39-21-13-11-15-33(39)3)45-47-42(36-19-9-6-10-20-36)44(40-22-14-12-16-34(40)4)50(45)38-29-25-32(2)26-30-38/h5-30H,1-4H3. The summed E-state index contributed by atoms with van der Waals surface area (Å²) in [5.74, 6) is 0.735. The van der Waals surface area contributed by atoms with Crippen LogP contribution in [0.25, 0.3) is 28.2 Å². The van der Waals surface area contributed by atoms with E-state index in [2.05, 4.69) is 184 Å². The number of hydrogen-bond acceptors (Lipinski definition) is 3. The zero-order valence-electron chi connectivity index (χ0n) is 28.8. The van der Waals surface area contributed by atoms with Gasteiger partial charge in [0.05, 0.1) is 22.8 Å². The Morgan fingerprint density at radius 2 is 0.960 bits per heavy atom. The first kappa shape index (κ1) is 31.2. The van der Waals surface area contributed by atoms with Crippen LogP contribution in [0.3, 0.4) is 0 Å². The van der Waals surface area contributed by atoms with Gasteiger partial charge in [-0.2, -0.15) is 0 Å². The minimum atomic E-state index is -1.20. The average Bonchev–Trinajstić information content (AvgIpc) is 3.75. The number of aryl methyl sites for hydroxylation is 4. The number of nitrogens with zero attached hydrogens (tertiary/aromatic N) is 4. The predicted molar refractivity (Wildman–Crippen MR) is 207 cm³/mol. The number of aromatic nitrogens is 2. The summed E-state index contributed by atoms with van der Waals surface area (Å²) < 4.78 is 2.31. The highest BCUT2D eigenvalue weighted by molar-refractivity contribution is 6.54. The largest absolute Gasteiger partial charge is 0.292 e. The first-order valence-corrected chi connectivity index (χ1v) is 17.1. The molecule has 0 N–H and O–H groups in total. The van der Waals surface area contributed by atoms with Gasteiger partial charge in [-0.1, -0.05) is 157 Å². The van der Waals surface area contributed by atoms with Crippen molar-refractivity contribution >= 4 is 11.4 Å². The van der Waals surface area contributed by atoms with Crippen molar-refractivity contribution in [2.45, 2.75) is 33.4 Å². The molecular weight excluding hydrogens is 609 g/mol. The summed E-state index contributed by atoms with van der Waals surface area (Å²) in [6.45, 7) is 8.55. The zero-order chi connectivity index (χ0) is 34.2. The molecule has 0 amide bonds. The highest BCUT2D eigenvalue weighted by Gasteiger charge is 2.46. The lowest BCUT2D eigenvalue weighted by Gasteiger charge is -2.26.